The Bertz CT molecular complexity index is 880. The molecule has 1 heterocycles. The Labute approximate surface area is 133 Å². The van der Waals surface area contributed by atoms with Crippen LogP contribution >= 0.6 is 0 Å². The van der Waals surface area contributed by atoms with E-state index >= 15 is 0 Å². The Morgan fingerprint density at radius 2 is 1.96 bits per heavy atom. The van der Waals surface area contributed by atoms with Crippen molar-refractivity contribution in [3.05, 3.63) is 56.9 Å². The summed E-state index contributed by atoms with van der Waals surface area (Å²) in [5, 5.41) is 9.96. The number of anilines is 1. The largest absolute Gasteiger partial charge is 0.508 e. The van der Waals surface area contributed by atoms with E-state index in [0.717, 1.165) is 5.56 Å². The number of carbonyl (C=O) groups excluding carboxylic acids is 1. The van der Waals surface area contributed by atoms with E-state index in [1.165, 1.54) is 10.6 Å². The predicted octanol–water partition coefficient (Wildman–Crippen LogP) is 1.87. The number of hydrogen-bond donors (Lipinski definition) is 3. The number of rotatable bonds is 3. The number of allylic oxidation sites excluding steroid dienone is 1. The molecule has 120 valence electrons. The molecule has 1 aromatic heterocycles. The van der Waals surface area contributed by atoms with E-state index in [-0.39, 0.29) is 28.3 Å². The van der Waals surface area contributed by atoms with Crippen LogP contribution in [-0.4, -0.2) is 15.6 Å². The number of nitrogen functional groups attached to an aromatic ring is 1. The Hall–Kier alpha value is -3.02. The highest BCUT2D eigenvalue weighted by Crippen LogP contribution is 2.28. The molecule has 23 heavy (non-hydrogen) atoms. The summed E-state index contributed by atoms with van der Waals surface area (Å²) in [5.41, 5.74) is 13.0. The lowest BCUT2D eigenvalue weighted by Crippen LogP contribution is -2.28. The van der Waals surface area contributed by atoms with Crippen LogP contribution in [0.1, 0.15) is 34.0 Å². The molecule has 0 aliphatic heterocycles. The molecule has 6 heteroatoms. The van der Waals surface area contributed by atoms with Gasteiger partial charge >= 0.3 is 0 Å². The number of nitrogens with zero attached hydrogens (tertiary/aromatic N) is 1. The van der Waals surface area contributed by atoms with Gasteiger partial charge in [-0.25, -0.2) is 0 Å². The molecule has 2 rings (SSSR count). The number of aromatic nitrogens is 1. The molecule has 0 bridgehead atoms. The van der Waals surface area contributed by atoms with Crippen molar-refractivity contribution in [2.75, 3.05) is 5.73 Å². The van der Waals surface area contributed by atoms with Gasteiger partial charge in [0.25, 0.3) is 11.5 Å². The first-order chi connectivity index (χ1) is 10.8. The van der Waals surface area contributed by atoms with Crippen LogP contribution < -0.4 is 17.0 Å². The monoisotopic (exact) mass is 313 g/mol. The maximum atomic E-state index is 12.8. The number of carbonyl (C=O) groups is 1. The number of phenolic OH excluding ortho intramolecular Hbond substituents is 1. The second-order valence-corrected chi connectivity index (χ2v) is 5.28. The van der Waals surface area contributed by atoms with E-state index in [1.54, 1.807) is 45.1 Å². The third-order valence-electron chi connectivity index (χ3n) is 3.71. The molecule has 0 saturated carbocycles. The fraction of sp³-hybridized carbons (Fsp3) is 0.176. The second kappa shape index (κ2) is 6.00. The summed E-state index contributed by atoms with van der Waals surface area (Å²) in [4.78, 5) is 24.4. The lowest BCUT2D eigenvalue weighted by Gasteiger charge is -2.18. The molecule has 5 N–H and O–H groups in total. The van der Waals surface area contributed by atoms with Crippen LogP contribution in [0.15, 0.2) is 29.1 Å². The van der Waals surface area contributed by atoms with E-state index in [1.807, 2.05) is 0 Å². The first kappa shape index (κ1) is 16.4. The lowest BCUT2D eigenvalue weighted by molar-refractivity contribution is 0.100. The topological polar surface area (TPSA) is 111 Å². The molecule has 6 nitrogen and oxygen atoms in total. The summed E-state index contributed by atoms with van der Waals surface area (Å²) in [6.45, 7) is 5.23. The zero-order valence-electron chi connectivity index (χ0n) is 13.3. The van der Waals surface area contributed by atoms with Crippen LogP contribution in [0.2, 0.25) is 0 Å². The molecule has 0 unspecified atom stereocenters. The molecule has 1 aromatic carbocycles. The van der Waals surface area contributed by atoms with Gasteiger partial charge in [0.05, 0.1) is 11.3 Å². The maximum absolute atomic E-state index is 12.8. The molecular formula is C17H19N3O3. The highest BCUT2D eigenvalue weighted by Gasteiger charge is 2.19. The summed E-state index contributed by atoms with van der Waals surface area (Å²) < 4.78 is 1.22. The normalized spacial score (nSPS) is 11.1. The lowest BCUT2D eigenvalue weighted by atomic mass is 10.1. The van der Waals surface area contributed by atoms with Crippen molar-refractivity contribution in [3.8, 4) is 11.4 Å². The summed E-state index contributed by atoms with van der Waals surface area (Å²) in [7, 11) is 0. The number of amides is 1. The zero-order valence-corrected chi connectivity index (χ0v) is 13.3. The van der Waals surface area contributed by atoms with Crippen LogP contribution in [-0.2, 0) is 0 Å². The van der Waals surface area contributed by atoms with E-state index < -0.39 is 5.91 Å². The van der Waals surface area contributed by atoms with E-state index in [0.29, 0.717) is 11.3 Å². The van der Waals surface area contributed by atoms with Crippen molar-refractivity contribution in [3.63, 3.8) is 0 Å². The van der Waals surface area contributed by atoms with Crippen molar-refractivity contribution in [1.29, 1.82) is 0 Å². The van der Waals surface area contributed by atoms with E-state index in [2.05, 4.69) is 0 Å². The number of aryl methyl sites for hydroxylation is 1. The van der Waals surface area contributed by atoms with Gasteiger partial charge in [0.1, 0.15) is 11.6 Å². The van der Waals surface area contributed by atoms with Gasteiger partial charge in [-0.15, -0.1) is 0 Å². The number of hydrogen-bond acceptors (Lipinski definition) is 4. The van der Waals surface area contributed by atoms with E-state index in [9.17, 15) is 14.7 Å². The van der Waals surface area contributed by atoms with Crippen LogP contribution in [0.5, 0.6) is 5.75 Å². The minimum Gasteiger partial charge on any atom is -0.508 e. The van der Waals surface area contributed by atoms with Gasteiger partial charge in [0.2, 0.25) is 0 Å². The Morgan fingerprint density at radius 1 is 1.30 bits per heavy atom. The van der Waals surface area contributed by atoms with Crippen LogP contribution in [0.3, 0.4) is 0 Å². The van der Waals surface area contributed by atoms with Crippen LogP contribution in [0.25, 0.3) is 11.8 Å². The van der Waals surface area contributed by atoms with Gasteiger partial charge in [0.15, 0.2) is 0 Å². The van der Waals surface area contributed by atoms with Gasteiger partial charge in [-0.2, -0.15) is 0 Å². The molecule has 0 aliphatic carbocycles. The highest BCUT2D eigenvalue weighted by atomic mass is 16.3. The van der Waals surface area contributed by atoms with Gasteiger partial charge < -0.3 is 16.6 Å². The predicted molar refractivity (Wildman–Crippen MR) is 90.8 cm³/mol. The number of benzene rings is 1. The first-order valence-corrected chi connectivity index (χ1v) is 7.07. The highest BCUT2D eigenvalue weighted by molar-refractivity contribution is 5.98. The number of aromatic hydroxyl groups is 1. The van der Waals surface area contributed by atoms with Crippen molar-refractivity contribution in [2.24, 2.45) is 5.73 Å². The average Bonchev–Trinajstić information content (AvgIpc) is 2.49. The van der Waals surface area contributed by atoms with Gasteiger partial charge in [-0.3, -0.25) is 14.2 Å². The number of primary amides is 1. The van der Waals surface area contributed by atoms with Crippen LogP contribution in [0.4, 0.5) is 5.82 Å². The smallest absolute Gasteiger partial charge is 0.264 e. The molecule has 0 radical (unpaired) electrons. The van der Waals surface area contributed by atoms with Gasteiger partial charge in [-0.05, 0) is 38.5 Å². The van der Waals surface area contributed by atoms with Crippen molar-refractivity contribution >= 4 is 17.8 Å². The molecule has 0 fully saturated rings. The summed E-state index contributed by atoms with van der Waals surface area (Å²) in [5.74, 6) is -0.737. The second-order valence-electron chi connectivity index (χ2n) is 5.28. The first-order valence-electron chi connectivity index (χ1n) is 7.07. The number of phenols is 1. The van der Waals surface area contributed by atoms with Crippen molar-refractivity contribution in [2.45, 2.75) is 20.8 Å². The summed E-state index contributed by atoms with van der Waals surface area (Å²) >= 11 is 0. The molecule has 0 atom stereocenters. The average molecular weight is 313 g/mol. The quantitative estimate of drug-likeness (QED) is 0.803. The standard InChI is InChI=1S/C17H19N3O3/c1-4-5-11-8-12(16(19)22)15(18)20(17(11)23)14-9(2)6-7-13(21)10(14)3/h4-8,21H,18H2,1-3H3,(H2,19,22)/b5-4+. The van der Waals surface area contributed by atoms with Crippen molar-refractivity contribution < 1.29 is 9.90 Å². The maximum Gasteiger partial charge on any atom is 0.264 e. The molecule has 1 amide bonds. The minimum absolute atomic E-state index is 0.0361. The van der Waals surface area contributed by atoms with Gasteiger partial charge in [0, 0.05) is 11.1 Å². The Kier molecular flexibility index (Phi) is 4.27. The molecule has 0 saturated heterocycles. The van der Waals surface area contributed by atoms with Crippen molar-refractivity contribution in [1.82, 2.24) is 4.57 Å². The zero-order chi connectivity index (χ0) is 17.3. The fourth-order valence-electron chi connectivity index (χ4n) is 2.54. The molecule has 0 spiro atoms. The van der Waals surface area contributed by atoms with Gasteiger partial charge in [-0.1, -0.05) is 18.2 Å². The molecular weight excluding hydrogens is 294 g/mol. The molecule has 2 aromatic rings. The Morgan fingerprint density at radius 3 is 2.52 bits per heavy atom. The van der Waals surface area contributed by atoms with E-state index in [4.69, 9.17) is 11.5 Å². The van der Waals surface area contributed by atoms with Crippen LogP contribution in [0, 0.1) is 13.8 Å². The third-order valence-corrected chi connectivity index (χ3v) is 3.71. The number of pyridine rings is 1. The molecule has 0 aliphatic rings. The number of nitrogens with two attached hydrogens (primary N) is 2. The summed E-state index contributed by atoms with van der Waals surface area (Å²) in [6.07, 6.45) is 3.27. The minimum atomic E-state index is -0.725. The fourth-order valence-corrected chi connectivity index (χ4v) is 2.54. The summed E-state index contributed by atoms with van der Waals surface area (Å²) in [6, 6.07) is 4.60. The third kappa shape index (κ3) is 2.70. The Balaban J connectivity index is 3.01. The SMILES string of the molecule is C/C=C/c1cc(C(N)=O)c(N)n(-c2c(C)ccc(O)c2C)c1=O.